The van der Waals surface area contributed by atoms with Crippen molar-refractivity contribution in [3.8, 4) is 10.6 Å². The van der Waals surface area contributed by atoms with Crippen LogP contribution in [0.5, 0.6) is 0 Å². The summed E-state index contributed by atoms with van der Waals surface area (Å²) in [5.41, 5.74) is 3.66. The fourth-order valence-electron chi connectivity index (χ4n) is 2.25. The Labute approximate surface area is 139 Å². The third kappa shape index (κ3) is 3.63. The summed E-state index contributed by atoms with van der Waals surface area (Å²) in [6, 6.07) is 11.3. The van der Waals surface area contributed by atoms with E-state index in [0.717, 1.165) is 21.8 Å². The van der Waals surface area contributed by atoms with Crippen LogP contribution in [-0.2, 0) is 0 Å². The van der Waals surface area contributed by atoms with Crippen molar-refractivity contribution in [2.24, 2.45) is 0 Å². The third-order valence-electron chi connectivity index (χ3n) is 3.55. The predicted molar refractivity (Wildman–Crippen MR) is 92.4 cm³/mol. The summed E-state index contributed by atoms with van der Waals surface area (Å²) in [4.78, 5) is 20.9. The van der Waals surface area contributed by atoms with E-state index < -0.39 is 0 Å². The Hall–Kier alpha value is -2.53. The van der Waals surface area contributed by atoms with Gasteiger partial charge in [0, 0.05) is 34.6 Å². The number of amides is 1. The van der Waals surface area contributed by atoms with Crippen LogP contribution in [0.2, 0.25) is 0 Å². The van der Waals surface area contributed by atoms with Crippen molar-refractivity contribution in [3.63, 3.8) is 0 Å². The molecule has 0 aliphatic carbocycles. The Morgan fingerprint density at radius 1 is 1.22 bits per heavy atom. The lowest BCUT2D eigenvalue weighted by molar-refractivity contribution is 0.0940. The molecular formula is C18H17N3OS. The first-order chi connectivity index (χ1) is 11.1. The van der Waals surface area contributed by atoms with Crippen molar-refractivity contribution < 1.29 is 4.79 Å². The van der Waals surface area contributed by atoms with Gasteiger partial charge in [-0.2, -0.15) is 0 Å². The maximum atomic E-state index is 12.3. The number of nitrogens with one attached hydrogen (secondary N) is 1. The molecule has 0 radical (unpaired) electrons. The van der Waals surface area contributed by atoms with Gasteiger partial charge in [0.15, 0.2) is 0 Å². The van der Waals surface area contributed by atoms with Crippen LogP contribution in [0.15, 0.2) is 54.2 Å². The smallest absolute Gasteiger partial charge is 0.251 e. The Kier molecular flexibility index (Phi) is 4.48. The first kappa shape index (κ1) is 15.4. The maximum absolute atomic E-state index is 12.3. The average Bonchev–Trinajstić information content (AvgIpc) is 3.02. The van der Waals surface area contributed by atoms with Gasteiger partial charge in [-0.25, -0.2) is 4.98 Å². The van der Waals surface area contributed by atoms with Gasteiger partial charge in [-0.3, -0.25) is 9.78 Å². The largest absolute Gasteiger partial charge is 0.345 e. The lowest BCUT2D eigenvalue weighted by Crippen LogP contribution is -2.26. The molecule has 0 saturated heterocycles. The molecule has 0 aliphatic heterocycles. The molecule has 1 aromatic carbocycles. The number of carbonyl (C=O) groups excluding carboxylic acids is 1. The number of aromatic nitrogens is 2. The normalized spacial score (nSPS) is 11.9. The van der Waals surface area contributed by atoms with E-state index in [2.05, 4.69) is 15.3 Å². The number of thiazole rings is 1. The molecule has 1 N–H and O–H groups in total. The Bertz CT molecular complexity index is 797. The van der Waals surface area contributed by atoms with Gasteiger partial charge < -0.3 is 5.32 Å². The van der Waals surface area contributed by atoms with E-state index in [1.54, 1.807) is 23.7 Å². The molecule has 2 heterocycles. The predicted octanol–water partition coefficient (Wildman–Crippen LogP) is 4.00. The van der Waals surface area contributed by atoms with Crippen molar-refractivity contribution in [1.29, 1.82) is 0 Å². The standard InChI is InChI=1S/C18H17N3OS/c1-12-11-23-18(20-12)15-7-5-14(6-8-15)17(22)21-13(2)16-4-3-9-19-10-16/h3-11,13H,1-2H3,(H,21,22)/t13-/m1/s1. The molecule has 4 nitrogen and oxygen atoms in total. The van der Waals surface area contributed by atoms with Crippen LogP contribution in [0.1, 0.15) is 34.6 Å². The first-order valence-corrected chi connectivity index (χ1v) is 8.25. The monoisotopic (exact) mass is 323 g/mol. The molecule has 0 bridgehead atoms. The molecule has 3 aromatic rings. The van der Waals surface area contributed by atoms with Gasteiger partial charge >= 0.3 is 0 Å². The van der Waals surface area contributed by atoms with E-state index in [4.69, 9.17) is 0 Å². The van der Waals surface area contributed by atoms with Crippen LogP contribution in [0.3, 0.4) is 0 Å². The zero-order valence-electron chi connectivity index (χ0n) is 13.0. The summed E-state index contributed by atoms with van der Waals surface area (Å²) in [6.45, 7) is 3.92. The highest BCUT2D eigenvalue weighted by Crippen LogP contribution is 2.23. The number of benzene rings is 1. The zero-order valence-corrected chi connectivity index (χ0v) is 13.8. The highest BCUT2D eigenvalue weighted by atomic mass is 32.1. The lowest BCUT2D eigenvalue weighted by atomic mass is 10.1. The summed E-state index contributed by atoms with van der Waals surface area (Å²) in [5, 5.41) is 5.97. The maximum Gasteiger partial charge on any atom is 0.251 e. The number of carbonyl (C=O) groups is 1. The van der Waals surface area contributed by atoms with Crippen LogP contribution < -0.4 is 5.32 Å². The summed E-state index contributed by atoms with van der Waals surface area (Å²) in [5.74, 6) is -0.0942. The van der Waals surface area contributed by atoms with Gasteiger partial charge in [-0.05, 0) is 37.6 Å². The van der Waals surface area contributed by atoms with E-state index in [0.29, 0.717) is 5.56 Å². The molecule has 1 atom stereocenters. The summed E-state index contributed by atoms with van der Waals surface area (Å²) in [7, 11) is 0. The van der Waals surface area contributed by atoms with Crippen LogP contribution in [0.4, 0.5) is 0 Å². The average molecular weight is 323 g/mol. The van der Waals surface area contributed by atoms with Gasteiger partial charge in [-0.1, -0.05) is 18.2 Å². The van der Waals surface area contributed by atoms with Crippen LogP contribution >= 0.6 is 11.3 Å². The molecule has 1 amide bonds. The second kappa shape index (κ2) is 6.71. The molecule has 116 valence electrons. The molecular weight excluding hydrogens is 306 g/mol. The number of aryl methyl sites for hydroxylation is 1. The summed E-state index contributed by atoms with van der Waals surface area (Å²) < 4.78 is 0. The van der Waals surface area contributed by atoms with Crippen molar-refractivity contribution in [2.45, 2.75) is 19.9 Å². The molecule has 3 rings (SSSR count). The van der Waals surface area contributed by atoms with E-state index in [-0.39, 0.29) is 11.9 Å². The zero-order chi connectivity index (χ0) is 16.2. The second-order valence-corrected chi connectivity index (χ2v) is 6.21. The van der Waals surface area contributed by atoms with Gasteiger partial charge in [-0.15, -0.1) is 11.3 Å². The fourth-order valence-corrected chi connectivity index (χ4v) is 3.05. The molecule has 0 unspecified atom stereocenters. The molecule has 0 saturated carbocycles. The van der Waals surface area contributed by atoms with E-state index in [1.165, 1.54) is 0 Å². The topological polar surface area (TPSA) is 54.9 Å². The van der Waals surface area contributed by atoms with Gasteiger partial charge in [0.25, 0.3) is 5.91 Å². The second-order valence-electron chi connectivity index (χ2n) is 5.35. The lowest BCUT2D eigenvalue weighted by Gasteiger charge is -2.14. The highest BCUT2D eigenvalue weighted by molar-refractivity contribution is 7.13. The van der Waals surface area contributed by atoms with Crippen molar-refractivity contribution in [3.05, 3.63) is 71.0 Å². The summed E-state index contributed by atoms with van der Waals surface area (Å²) in [6.07, 6.45) is 3.48. The number of pyridine rings is 1. The minimum atomic E-state index is -0.0942. The molecule has 0 fully saturated rings. The van der Waals surface area contributed by atoms with Crippen LogP contribution in [0.25, 0.3) is 10.6 Å². The number of nitrogens with zero attached hydrogens (tertiary/aromatic N) is 2. The van der Waals surface area contributed by atoms with Crippen molar-refractivity contribution in [1.82, 2.24) is 15.3 Å². The van der Waals surface area contributed by atoms with Crippen LogP contribution in [0, 0.1) is 6.92 Å². The molecule has 5 heteroatoms. The third-order valence-corrected chi connectivity index (χ3v) is 4.55. The summed E-state index contributed by atoms with van der Waals surface area (Å²) >= 11 is 1.61. The van der Waals surface area contributed by atoms with Crippen molar-refractivity contribution >= 4 is 17.2 Å². The SMILES string of the molecule is Cc1csc(-c2ccc(C(=O)N[C@H](C)c3cccnc3)cc2)n1. The van der Waals surface area contributed by atoms with E-state index >= 15 is 0 Å². The fraction of sp³-hybridized carbons (Fsp3) is 0.167. The molecule has 23 heavy (non-hydrogen) atoms. The van der Waals surface area contributed by atoms with Gasteiger partial charge in [0.2, 0.25) is 0 Å². The number of hydrogen-bond acceptors (Lipinski definition) is 4. The Morgan fingerprint density at radius 2 is 2.00 bits per heavy atom. The minimum Gasteiger partial charge on any atom is -0.345 e. The van der Waals surface area contributed by atoms with E-state index in [1.807, 2.05) is 55.6 Å². The number of rotatable bonds is 4. The minimum absolute atomic E-state index is 0.0857. The van der Waals surface area contributed by atoms with Gasteiger partial charge in [0.05, 0.1) is 6.04 Å². The molecule has 2 aromatic heterocycles. The highest BCUT2D eigenvalue weighted by Gasteiger charge is 2.12. The molecule has 0 spiro atoms. The number of hydrogen-bond donors (Lipinski definition) is 1. The van der Waals surface area contributed by atoms with Crippen molar-refractivity contribution in [2.75, 3.05) is 0 Å². The Balaban J connectivity index is 1.70. The molecule has 0 aliphatic rings. The van der Waals surface area contributed by atoms with E-state index in [9.17, 15) is 4.79 Å². The quantitative estimate of drug-likeness (QED) is 0.789. The van der Waals surface area contributed by atoms with Gasteiger partial charge in [0.1, 0.15) is 5.01 Å². The Morgan fingerprint density at radius 3 is 2.61 bits per heavy atom. The van der Waals surface area contributed by atoms with Crippen LogP contribution in [-0.4, -0.2) is 15.9 Å². The first-order valence-electron chi connectivity index (χ1n) is 7.37.